The summed E-state index contributed by atoms with van der Waals surface area (Å²) in [6.07, 6.45) is 1.75. The van der Waals surface area contributed by atoms with Gasteiger partial charge in [-0.15, -0.1) is 0 Å². The lowest BCUT2D eigenvalue weighted by Crippen LogP contribution is -2.15. The zero-order valence-corrected chi connectivity index (χ0v) is 16.9. The average molecular weight is 410 g/mol. The average Bonchev–Trinajstić information content (AvgIpc) is 3.09. The van der Waals surface area contributed by atoms with E-state index in [-0.39, 0.29) is 5.56 Å². The molecule has 0 aliphatic carbocycles. The highest BCUT2D eigenvalue weighted by Crippen LogP contribution is 2.38. The lowest BCUT2D eigenvalue weighted by Gasteiger charge is -2.12. The van der Waals surface area contributed by atoms with Gasteiger partial charge in [-0.2, -0.15) is 0 Å². The molecular weight excluding hydrogens is 393 g/mol. The minimum Gasteiger partial charge on any atom is -0.338 e. The lowest BCUT2D eigenvalue weighted by atomic mass is 10.0. The van der Waals surface area contributed by atoms with Crippen molar-refractivity contribution in [1.29, 1.82) is 0 Å². The molecule has 1 N–H and O–H groups in total. The number of rotatable bonds is 3. The van der Waals surface area contributed by atoms with E-state index >= 15 is 0 Å². The molecule has 0 atom stereocenters. The number of imidazole rings is 1. The van der Waals surface area contributed by atoms with Gasteiger partial charge in [-0.25, -0.2) is 4.98 Å². The monoisotopic (exact) mass is 409 g/mol. The van der Waals surface area contributed by atoms with E-state index in [0.717, 1.165) is 33.3 Å². The Hall–Kier alpha value is -2.82. The van der Waals surface area contributed by atoms with Gasteiger partial charge >= 0.3 is 0 Å². The van der Waals surface area contributed by atoms with E-state index in [1.165, 1.54) is 4.57 Å². The molecule has 2 aromatic carbocycles. The van der Waals surface area contributed by atoms with Crippen LogP contribution in [-0.2, 0) is 7.05 Å². The highest BCUT2D eigenvalue weighted by molar-refractivity contribution is 6.43. The van der Waals surface area contributed by atoms with Crippen LogP contribution < -0.4 is 5.56 Å². The summed E-state index contributed by atoms with van der Waals surface area (Å²) in [4.78, 5) is 20.4. The summed E-state index contributed by atoms with van der Waals surface area (Å²) in [6, 6.07) is 12.9. The van der Waals surface area contributed by atoms with Gasteiger partial charge in [0.1, 0.15) is 5.82 Å². The van der Waals surface area contributed by atoms with Gasteiger partial charge in [0, 0.05) is 36.0 Å². The predicted octanol–water partition coefficient (Wildman–Crippen LogP) is 5.94. The van der Waals surface area contributed by atoms with Gasteiger partial charge in [0.25, 0.3) is 5.56 Å². The molecule has 0 aliphatic rings. The zero-order chi connectivity index (χ0) is 20.0. The quantitative estimate of drug-likeness (QED) is 0.455. The number of fused-ring (bicyclic) bond motifs is 1. The van der Waals surface area contributed by atoms with Gasteiger partial charge in [0.2, 0.25) is 0 Å². The number of hydrogen-bond acceptors (Lipinski definition) is 2. The maximum absolute atomic E-state index is 12.4. The molecule has 0 radical (unpaired) electrons. The van der Waals surface area contributed by atoms with Crippen molar-refractivity contribution in [1.82, 2.24) is 14.5 Å². The summed E-state index contributed by atoms with van der Waals surface area (Å²) in [7, 11) is 1.70. The second kappa shape index (κ2) is 6.97. The van der Waals surface area contributed by atoms with Crippen molar-refractivity contribution in [3.8, 4) is 22.5 Å². The molecule has 2 heterocycles. The second-order valence-electron chi connectivity index (χ2n) is 6.75. The topological polar surface area (TPSA) is 50.7 Å². The number of nitrogens with one attached hydrogen (secondary N) is 1. The number of nitrogens with zero attached hydrogens (tertiary/aromatic N) is 2. The fourth-order valence-electron chi connectivity index (χ4n) is 3.15. The number of H-pyrrole nitrogens is 1. The maximum Gasteiger partial charge on any atom is 0.251 e. The minimum atomic E-state index is -0.139. The Morgan fingerprint density at radius 1 is 1.11 bits per heavy atom. The Labute approximate surface area is 172 Å². The second-order valence-corrected chi connectivity index (χ2v) is 7.53. The molecule has 4 aromatic rings. The molecule has 4 rings (SSSR count). The maximum atomic E-state index is 12.4. The summed E-state index contributed by atoms with van der Waals surface area (Å²) in [6.45, 7) is 5.94. The van der Waals surface area contributed by atoms with Crippen molar-refractivity contribution < 1.29 is 0 Å². The zero-order valence-electron chi connectivity index (χ0n) is 15.4. The highest BCUT2D eigenvalue weighted by atomic mass is 35.5. The fourth-order valence-corrected chi connectivity index (χ4v) is 3.56. The van der Waals surface area contributed by atoms with Crippen LogP contribution in [-0.4, -0.2) is 14.5 Å². The van der Waals surface area contributed by atoms with Gasteiger partial charge in [-0.05, 0) is 30.7 Å². The van der Waals surface area contributed by atoms with Gasteiger partial charge in [0.05, 0.1) is 21.1 Å². The van der Waals surface area contributed by atoms with Crippen LogP contribution in [0, 0.1) is 0 Å². The third-order valence-corrected chi connectivity index (χ3v) is 5.52. The van der Waals surface area contributed by atoms with E-state index in [2.05, 4.69) is 16.5 Å². The molecule has 28 heavy (non-hydrogen) atoms. The van der Waals surface area contributed by atoms with E-state index < -0.39 is 0 Å². The third kappa shape index (κ3) is 3.15. The van der Waals surface area contributed by atoms with Gasteiger partial charge in [0.15, 0.2) is 0 Å². The smallest absolute Gasteiger partial charge is 0.251 e. The molecule has 140 valence electrons. The molecule has 0 bridgehead atoms. The molecule has 2 aromatic heterocycles. The number of pyridine rings is 1. The van der Waals surface area contributed by atoms with Gasteiger partial charge in [-0.1, -0.05) is 53.6 Å². The Bertz CT molecular complexity index is 1300. The molecule has 0 aliphatic heterocycles. The van der Waals surface area contributed by atoms with E-state index in [9.17, 15) is 4.79 Å². The highest BCUT2D eigenvalue weighted by Gasteiger charge is 2.17. The molecule has 0 fully saturated rings. The normalized spacial score (nSPS) is 11.1. The van der Waals surface area contributed by atoms with E-state index in [1.807, 2.05) is 37.3 Å². The van der Waals surface area contributed by atoms with Crippen molar-refractivity contribution in [3.63, 3.8) is 0 Å². The number of hydrogen-bond donors (Lipinski definition) is 1. The van der Waals surface area contributed by atoms with Crippen LogP contribution in [0.4, 0.5) is 0 Å². The third-order valence-electron chi connectivity index (χ3n) is 4.70. The summed E-state index contributed by atoms with van der Waals surface area (Å²) >= 11 is 12.7. The van der Waals surface area contributed by atoms with Crippen molar-refractivity contribution in [2.24, 2.45) is 7.05 Å². The first-order valence-corrected chi connectivity index (χ1v) is 9.42. The number of benzene rings is 2. The predicted molar refractivity (Wildman–Crippen MR) is 117 cm³/mol. The molecule has 0 spiro atoms. The lowest BCUT2D eigenvalue weighted by molar-refractivity contribution is 0.862. The molecule has 0 amide bonds. The molecule has 4 nitrogen and oxygen atoms in total. The Balaban J connectivity index is 1.98. The fraction of sp³-hybridized carbons (Fsp3) is 0.0909. The molecular formula is C22H17Cl2N3O. The van der Waals surface area contributed by atoms with Crippen LogP contribution in [0.25, 0.3) is 39.1 Å². The number of allylic oxidation sites excluding steroid dienone is 1. The summed E-state index contributed by atoms with van der Waals surface area (Å²) in [5, 5.41) is 0.888. The van der Waals surface area contributed by atoms with Crippen molar-refractivity contribution >= 4 is 39.8 Å². The Kier molecular flexibility index (Phi) is 4.61. The van der Waals surface area contributed by atoms with Crippen LogP contribution in [0.15, 0.2) is 60.0 Å². The minimum absolute atomic E-state index is 0.139. The van der Waals surface area contributed by atoms with Crippen molar-refractivity contribution in [2.75, 3.05) is 0 Å². The number of halogens is 2. The molecule has 0 saturated carbocycles. The first-order valence-electron chi connectivity index (χ1n) is 8.66. The number of aromatic amines is 1. The molecule has 0 saturated heterocycles. The first-order chi connectivity index (χ1) is 13.3. The van der Waals surface area contributed by atoms with Crippen molar-refractivity contribution in [3.05, 3.63) is 81.2 Å². The van der Waals surface area contributed by atoms with Gasteiger partial charge < -0.3 is 9.55 Å². The Morgan fingerprint density at radius 2 is 1.89 bits per heavy atom. The summed E-state index contributed by atoms with van der Waals surface area (Å²) in [5.41, 5.74) is 5.72. The van der Waals surface area contributed by atoms with E-state index in [1.54, 1.807) is 25.4 Å². The van der Waals surface area contributed by atoms with Crippen LogP contribution in [0.3, 0.4) is 0 Å². The molecule has 0 unspecified atom stereocenters. The number of aromatic nitrogens is 3. The van der Waals surface area contributed by atoms with Crippen LogP contribution in [0.2, 0.25) is 10.0 Å². The largest absolute Gasteiger partial charge is 0.338 e. The van der Waals surface area contributed by atoms with Crippen LogP contribution >= 0.6 is 23.2 Å². The SMILES string of the molecule is C=C(C)c1ccc2nc(-c3cc(=O)n(C)cc3-c3cccc(Cl)c3Cl)[nH]c2c1. The van der Waals surface area contributed by atoms with Gasteiger partial charge in [-0.3, -0.25) is 4.79 Å². The van der Waals surface area contributed by atoms with E-state index in [4.69, 9.17) is 23.2 Å². The van der Waals surface area contributed by atoms with Crippen LogP contribution in [0.5, 0.6) is 0 Å². The van der Waals surface area contributed by atoms with E-state index in [0.29, 0.717) is 21.4 Å². The molecule has 6 heteroatoms. The number of aryl methyl sites for hydroxylation is 1. The van der Waals surface area contributed by atoms with Crippen molar-refractivity contribution in [2.45, 2.75) is 6.92 Å². The standard InChI is InChI=1S/C22H17Cl2N3O/c1-12(2)13-7-8-18-19(9-13)26-22(25-18)15-10-20(28)27(3)11-16(15)14-5-4-6-17(23)21(14)24/h4-11H,1H2,2-3H3,(H,25,26). The van der Waals surface area contributed by atoms with Crippen LogP contribution in [0.1, 0.15) is 12.5 Å². The summed E-state index contributed by atoms with van der Waals surface area (Å²) in [5.74, 6) is 0.595. The first kappa shape index (κ1) is 18.5. The summed E-state index contributed by atoms with van der Waals surface area (Å²) < 4.78 is 1.51. The Morgan fingerprint density at radius 3 is 2.64 bits per heavy atom.